The molecule has 0 aliphatic carbocycles. The number of carboxylic acid groups (broad SMARTS) is 1. The zero-order chi connectivity index (χ0) is 24.4. The number of carbonyl (C=O) groups is 3. The smallest absolute Gasteiger partial charge is 0.407 e. The molecule has 3 aromatic rings. The molecule has 0 radical (unpaired) electrons. The van der Waals surface area contributed by atoms with Gasteiger partial charge in [0.2, 0.25) is 5.91 Å². The van der Waals surface area contributed by atoms with Crippen molar-refractivity contribution < 1.29 is 24.7 Å². The molecule has 0 saturated carbocycles. The van der Waals surface area contributed by atoms with E-state index in [-0.39, 0.29) is 19.0 Å². The number of carbonyl (C=O) groups excluding carboxylic acids is 2. The van der Waals surface area contributed by atoms with Gasteiger partial charge in [0.25, 0.3) is 5.91 Å². The van der Waals surface area contributed by atoms with Gasteiger partial charge in [0.05, 0.1) is 23.0 Å². The molecule has 10 heteroatoms. The van der Waals surface area contributed by atoms with Gasteiger partial charge in [-0.05, 0) is 29.8 Å². The van der Waals surface area contributed by atoms with Crippen LogP contribution >= 0.6 is 0 Å². The van der Waals surface area contributed by atoms with Crippen LogP contribution in [-0.2, 0) is 11.3 Å². The molecule has 2 atom stereocenters. The Balaban J connectivity index is 1.49. The minimum absolute atomic E-state index is 0.0388. The predicted octanol–water partition coefficient (Wildman–Crippen LogP) is 2.42. The number of imidazole rings is 1. The van der Waals surface area contributed by atoms with Crippen LogP contribution < -0.4 is 10.8 Å². The van der Waals surface area contributed by atoms with Gasteiger partial charge in [-0.3, -0.25) is 14.8 Å². The number of hydrogen-bond acceptors (Lipinski definition) is 5. The van der Waals surface area contributed by atoms with Gasteiger partial charge in [-0.1, -0.05) is 38.1 Å². The molecule has 2 heterocycles. The quantitative estimate of drug-likeness (QED) is 0.326. The molecule has 178 valence electrons. The van der Waals surface area contributed by atoms with Gasteiger partial charge in [-0.15, -0.1) is 0 Å². The second-order valence-corrected chi connectivity index (χ2v) is 8.75. The highest BCUT2D eigenvalue weighted by Crippen LogP contribution is 2.23. The van der Waals surface area contributed by atoms with E-state index in [4.69, 9.17) is 10.2 Å². The summed E-state index contributed by atoms with van der Waals surface area (Å²) in [5.74, 6) is -0.805. The zero-order valence-electron chi connectivity index (χ0n) is 18.9. The van der Waals surface area contributed by atoms with Crippen molar-refractivity contribution in [3.63, 3.8) is 0 Å². The van der Waals surface area contributed by atoms with E-state index in [1.165, 1.54) is 0 Å². The van der Waals surface area contributed by atoms with E-state index in [2.05, 4.69) is 23.7 Å². The molecular formula is C24H27N5O5. The molecule has 34 heavy (non-hydrogen) atoms. The maximum atomic E-state index is 12.8. The third-order valence-electron chi connectivity index (χ3n) is 6.11. The molecule has 0 spiro atoms. The van der Waals surface area contributed by atoms with Crippen LogP contribution in [0.3, 0.4) is 0 Å². The van der Waals surface area contributed by atoms with E-state index in [1.807, 2.05) is 36.4 Å². The lowest BCUT2D eigenvalue weighted by Gasteiger charge is -2.18. The van der Waals surface area contributed by atoms with Crippen molar-refractivity contribution in [2.24, 2.45) is 5.92 Å². The number of likely N-dealkylation sites (tertiary alicyclic amines) is 1. The summed E-state index contributed by atoms with van der Waals surface area (Å²) in [7, 11) is 0. The summed E-state index contributed by atoms with van der Waals surface area (Å²) >= 11 is 0. The van der Waals surface area contributed by atoms with Crippen LogP contribution in [0, 0.1) is 5.92 Å². The number of benzene rings is 2. The highest BCUT2D eigenvalue weighted by molar-refractivity contribution is 5.95. The third kappa shape index (κ3) is 4.58. The van der Waals surface area contributed by atoms with Crippen LogP contribution in [-0.4, -0.2) is 61.8 Å². The van der Waals surface area contributed by atoms with E-state index in [9.17, 15) is 19.5 Å². The van der Waals surface area contributed by atoms with Gasteiger partial charge in [0.1, 0.15) is 5.82 Å². The standard InChI is InChI=1S/C24H27N5O5/c1-14(2)21-25-18-5-3-4-6-20(18)29(21)11-15-7-9-16(10-8-15)22(30)26-19-13-28(24(32)33)12-17(19)23(31)27-34/h3-10,14,17,19,34H,11-13H2,1-2H3,(H,26,30)(H,27,31)(H,32,33)/t17-,19+/m0/s1. The molecule has 2 aromatic carbocycles. The fourth-order valence-corrected chi connectivity index (χ4v) is 4.35. The first-order chi connectivity index (χ1) is 16.3. The Kier molecular flexibility index (Phi) is 6.51. The maximum Gasteiger partial charge on any atom is 0.407 e. The van der Waals surface area contributed by atoms with Crippen molar-refractivity contribution in [2.45, 2.75) is 32.4 Å². The maximum absolute atomic E-state index is 12.8. The monoisotopic (exact) mass is 465 g/mol. The SMILES string of the molecule is CC(C)c1nc2ccccc2n1Cc1ccc(C(=O)N[C@@H]2CN(C(=O)O)C[C@@H]2C(=O)NO)cc1. The number of fused-ring (bicyclic) bond motifs is 1. The Hall–Kier alpha value is -3.92. The van der Waals surface area contributed by atoms with Gasteiger partial charge in [-0.2, -0.15) is 0 Å². The third-order valence-corrected chi connectivity index (χ3v) is 6.11. The average Bonchev–Trinajstić information content (AvgIpc) is 3.41. The Bertz CT molecular complexity index is 1220. The van der Waals surface area contributed by atoms with Crippen LogP contribution in [0.4, 0.5) is 4.79 Å². The van der Waals surface area contributed by atoms with Gasteiger partial charge in [-0.25, -0.2) is 15.3 Å². The van der Waals surface area contributed by atoms with Crippen LogP contribution in [0.15, 0.2) is 48.5 Å². The van der Waals surface area contributed by atoms with Crippen molar-refractivity contribution >= 4 is 28.9 Å². The lowest BCUT2D eigenvalue weighted by atomic mass is 10.0. The Morgan fingerprint density at radius 2 is 1.79 bits per heavy atom. The Labute approximate surface area is 196 Å². The molecular weight excluding hydrogens is 438 g/mol. The van der Waals surface area contributed by atoms with Gasteiger partial charge >= 0.3 is 6.09 Å². The number of para-hydroxylation sites is 2. The molecule has 0 bridgehead atoms. The summed E-state index contributed by atoms with van der Waals surface area (Å²) in [4.78, 5) is 41.8. The second-order valence-electron chi connectivity index (χ2n) is 8.75. The van der Waals surface area contributed by atoms with Crippen molar-refractivity contribution in [1.82, 2.24) is 25.2 Å². The van der Waals surface area contributed by atoms with Crippen molar-refractivity contribution in [1.29, 1.82) is 0 Å². The number of nitrogens with zero attached hydrogens (tertiary/aromatic N) is 3. The molecule has 4 rings (SSSR count). The molecule has 1 aromatic heterocycles. The minimum atomic E-state index is -1.19. The van der Waals surface area contributed by atoms with E-state index in [0.29, 0.717) is 12.1 Å². The van der Waals surface area contributed by atoms with E-state index in [0.717, 1.165) is 27.3 Å². The first-order valence-corrected chi connectivity index (χ1v) is 11.0. The molecule has 1 aliphatic rings. The highest BCUT2D eigenvalue weighted by Gasteiger charge is 2.40. The largest absolute Gasteiger partial charge is 0.465 e. The summed E-state index contributed by atoms with van der Waals surface area (Å²) in [6.07, 6.45) is -1.19. The lowest BCUT2D eigenvalue weighted by Crippen LogP contribution is -2.45. The molecule has 1 aliphatic heterocycles. The van der Waals surface area contributed by atoms with Crippen molar-refractivity contribution in [2.75, 3.05) is 13.1 Å². The summed E-state index contributed by atoms with van der Waals surface area (Å²) in [6.45, 7) is 4.66. The van der Waals surface area contributed by atoms with Gasteiger partial charge in [0, 0.05) is 31.1 Å². The number of nitrogens with one attached hydrogen (secondary N) is 2. The second kappa shape index (κ2) is 9.52. The molecule has 1 fully saturated rings. The van der Waals surface area contributed by atoms with Crippen LogP contribution in [0.25, 0.3) is 11.0 Å². The zero-order valence-corrected chi connectivity index (χ0v) is 18.9. The fraction of sp³-hybridized carbons (Fsp3) is 0.333. The molecule has 4 N–H and O–H groups in total. The predicted molar refractivity (Wildman–Crippen MR) is 124 cm³/mol. The molecule has 0 unspecified atom stereocenters. The van der Waals surface area contributed by atoms with Gasteiger partial charge < -0.3 is 19.9 Å². The number of hydrogen-bond donors (Lipinski definition) is 4. The molecule has 1 saturated heterocycles. The van der Waals surface area contributed by atoms with Crippen LogP contribution in [0.5, 0.6) is 0 Å². The summed E-state index contributed by atoms with van der Waals surface area (Å²) in [6, 6.07) is 14.4. The Morgan fingerprint density at radius 3 is 2.44 bits per heavy atom. The highest BCUT2D eigenvalue weighted by atomic mass is 16.5. The number of aromatic nitrogens is 2. The first kappa shape index (κ1) is 23.2. The summed E-state index contributed by atoms with van der Waals surface area (Å²) in [5, 5.41) is 20.9. The van der Waals surface area contributed by atoms with E-state index in [1.54, 1.807) is 17.6 Å². The normalized spacial score (nSPS) is 17.8. The molecule has 10 nitrogen and oxygen atoms in total. The summed E-state index contributed by atoms with van der Waals surface area (Å²) in [5.41, 5.74) is 4.92. The van der Waals surface area contributed by atoms with Crippen molar-refractivity contribution in [3.05, 3.63) is 65.5 Å². The lowest BCUT2D eigenvalue weighted by molar-refractivity contribution is -0.133. The average molecular weight is 466 g/mol. The number of rotatable bonds is 6. The summed E-state index contributed by atoms with van der Waals surface area (Å²) < 4.78 is 2.17. The van der Waals surface area contributed by atoms with Crippen LogP contribution in [0.2, 0.25) is 0 Å². The van der Waals surface area contributed by atoms with Gasteiger partial charge in [0.15, 0.2) is 0 Å². The topological polar surface area (TPSA) is 137 Å². The Morgan fingerprint density at radius 1 is 1.09 bits per heavy atom. The van der Waals surface area contributed by atoms with E-state index >= 15 is 0 Å². The number of hydroxylamine groups is 1. The minimum Gasteiger partial charge on any atom is -0.465 e. The molecule has 3 amide bonds. The van der Waals surface area contributed by atoms with E-state index < -0.39 is 29.9 Å². The fourth-order valence-electron chi connectivity index (χ4n) is 4.35. The van der Waals surface area contributed by atoms with Crippen molar-refractivity contribution in [3.8, 4) is 0 Å². The van der Waals surface area contributed by atoms with Crippen LogP contribution in [0.1, 0.15) is 41.5 Å². The number of amides is 3. The first-order valence-electron chi connectivity index (χ1n) is 11.0.